The third-order valence-electron chi connectivity index (χ3n) is 12.8. The summed E-state index contributed by atoms with van der Waals surface area (Å²) in [5.74, 6) is 0.982. The van der Waals surface area contributed by atoms with E-state index in [4.69, 9.17) is 18.9 Å². The molecule has 4 aromatic heterocycles. The van der Waals surface area contributed by atoms with Gasteiger partial charge < -0.3 is 49.6 Å². The lowest BCUT2D eigenvalue weighted by molar-refractivity contribution is 0.0446. The van der Waals surface area contributed by atoms with Crippen molar-refractivity contribution in [1.29, 1.82) is 0 Å². The molecule has 10 heterocycles. The van der Waals surface area contributed by atoms with Crippen LogP contribution in [0.15, 0.2) is 73.6 Å². The number of fused-ring (bicyclic) bond motifs is 8. The summed E-state index contributed by atoms with van der Waals surface area (Å²) in [4.78, 5) is 39.5. The number of ether oxygens (including phenoxy) is 4. The van der Waals surface area contributed by atoms with Crippen molar-refractivity contribution in [3.63, 3.8) is 0 Å². The summed E-state index contributed by atoms with van der Waals surface area (Å²) in [5.41, 5.74) is 5.73. The smallest absolute Gasteiger partial charge is 0.261 e. The van der Waals surface area contributed by atoms with Crippen LogP contribution in [0.2, 0.25) is 0 Å². The van der Waals surface area contributed by atoms with Gasteiger partial charge in [0.1, 0.15) is 33.8 Å². The van der Waals surface area contributed by atoms with E-state index in [2.05, 4.69) is 40.6 Å². The predicted octanol–water partition coefficient (Wildman–Crippen LogP) is 3.29. The zero-order chi connectivity index (χ0) is 42.3. The molecule has 4 N–H and O–H groups in total. The first-order valence-electron chi connectivity index (χ1n) is 21.0. The van der Waals surface area contributed by atoms with Gasteiger partial charge in [0.2, 0.25) is 0 Å². The van der Waals surface area contributed by atoms with Crippen LogP contribution in [-0.2, 0) is 22.3 Å². The lowest BCUT2D eigenvalue weighted by Crippen LogP contribution is -2.37. The van der Waals surface area contributed by atoms with Crippen LogP contribution in [0, 0.1) is 0 Å². The number of benzene rings is 2. The van der Waals surface area contributed by atoms with Gasteiger partial charge >= 0.3 is 0 Å². The Morgan fingerprint density at radius 1 is 0.710 bits per heavy atom. The first kappa shape index (κ1) is 38.6. The van der Waals surface area contributed by atoms with Crippen LogP contribution in [0.5, 0.6) is 11.5 Å². The van der Waals surface area contributed by atoms with Gasteiger partial charge in [-0.15, -0.1) is 0 Å². The Balaban J connectivity index is 0.000000139. The molecule has 2 aromatic carbocycles. The average Bonchev–Trinajstić information content (AvgIpc) is 4.15. The summed E-state index contributed by atoms with van der Waals surface area (Å²) in [6.45, 7) is 6.56. The number of carbonyl (C=O) groups is 2. The van der Waals surface area contributed by atoms with E-state index < -0.39 is 11.2 Å². The molecule has 0 unspecified atom stereocenters. The Bertz CT molecular complexity index is 2570. The second-order valence-corrected chi connectivity index (χ2v) is 17.5. The van der Waals surface area contributed by atoms with Crippen LogP contribution in [-0.4, -0.2) is 126 Å². The maximum absolute atomic E-state index is 13.2. The summed E-state index contributed by atoms with van der Waals surface area (Å²) < 4.78 is 26.8. The van der Waals surface area contributed by atoms with Gasteiger partial charge in [0.05, 0.1) is 85.9 Å². The molecule has 6 atom stereocenters. The van der Waals surface area contributed by atoms with E-state index in [1.54, 1.807) is 46.0 Å². The molecular weight excluding hydrogens is 797 g/mol. The average molecular weight is 843 g/mol. The minimum Gasteiger partial charge on any atom is -0.484 e. The molecule has 0 saturated carbocycles. The van der Waals surface area contributed by atoms with Crippen molar-refractivity contribution >= 4 is 45.9 Å². The van der Waals surface area contributed by atoms with Crippen LogP contribution in [0.4, 0.5) is 22.7 Å². The molecule has 12 rings (SSSR count). The van der Waals surface area contributed by atoms with Crippen molar-refractivity contribution < 1.29 is 38.7 Å². The Morgan fingerprint density at radius 2 is 1.16 bits per heavy atom. The number of hydrogen-bond acceptors (Lipinski definition) is 14. The van der Waals surface area contributed by atoms with E-state index >= 15 is 0 Å². The summed E-state index contributed by atoms with van der Waals surface area (Å²) in [6.07, 6.45) is 13.4. The fourth-order valence-corrected chi connectivity index (χ4v) is 9.70. The minimum atomic E-state index is -0.651. The summed E-state index contributed by atoms with van der Waals surface area (Å²) in [5, 5.41) is 34.1. The number of amides is 2. The number of hydrogen-bond donors (Lipinski definition) is 4. The largest absolute Gasteiger partial charge is 0.484 e. The van der Waals surface area contributed by atoms with Crippen LogP contribution < -0.4 is 29.9 Å². The lowest BCUT2D eigenvalue weighted by atomic mass is 9.99. The van der Waals surface area contributed by atoms with Crippen molar-refractivity contribution in [2.45, 2.75) is 75.0 Å². The van der Waals surface area contributed by atoms with Crippen LogP contribution in [0.3, 0.4) is 0 Å². The van der Waals surface area contributed by atoms with Crippen molar-refractivity contribution in [3.8, 4) is 11.5 Å². The van der Waals surface area contributed by atoms with Gasteiger partial charge in [-0.2, -0.15) is 10.2 Å². The molecule has 2 amide bonds. The number of nitrogens with one attached hydrogen (secondary N) is 2. The molecule has 4 saturated heterocycles. The second-order valence-electron chi connectivity index (χ2n) is 17.5. The zero-order valence-corrected chi connectivity index (χ0v) is 34.2. The monoisotopic (exact) mass is 842 g/mol. The topological polar surface area (TPSA) is 202 Å². The zero-order valence-electron chi connectivity index (χ0n) is 34.2. The molecule has 62 heavy (non-hydrogen) atoms. The summed E-state index contributed by atoms with van der Waals surface area (Å²) in [6, 6.07) is 12.0. The fraction of sp³-hybridized carbons (Fsp3) is 0.409. The summed E-state index contributed by atoms with van der Waals surface area (Å²) >= 11 is 0. The summed E-state index contributed by atoms with van der Waals surface area (Å²) in [7, 11) is 0. The lowest BCUT2D eigenvalue weighted by Gasteiger charge is -2.31. The van der Waals surface area contributed by atoms with Crippen LogP contribution >= 0.6 is 0 Å². The predicted molar refractivity (Wildman–Crippen MR) is 225 cm³/mol. The molecular formula is C44H46N10O8. The number of aromatic nitrogens is 6. The third kappa shape index (κ3) is 6.64. The number of morpholine rings is 2. The standard InChI is InChI=1S/2C22H23N5O4/c2*1-22(12-28)8-13-5-17(25-21(29)16-9-24-27-4-2-3-23-20(16)27)18(7-19(13)31-22)26-10-15-6-14(26)11-30-15/h2*2-5,7,9,14-15,28H,6,8,10-12H2,1H3,(H,25,29)/t14-,15-,22+;14-,15-,22-/m00/s1. The van der Waals surface area contributed by atoms with Gasteiger partial charge in [-0.25, -0.2) is 19.0 Å². The van der Waals surface area contributed by atoms with E-state index in [0.717, 1.165) is 71.3 Å². The molecule has 6 aliphatic rings. The maximum Gasteiger partial charge on any atom is 0.261 e. The van der Waals surface area contributed by atoms with E-state index in [9.17, 15) is 19.8 Å². The Morgan fingerprint density at radius 3 is 1.55 bits per heavy atom. The highest BCUT2D eigenvalue weighted by Gasteiger charge is 2.43. The molecule has 4 fully saturated rings. The van der Waals surface area contributed by atoms with E-state index in [1.807, 2.05) is 38.1 Å². The quantitative estimate of drug-likeness (QED) is 0.174. The first-order chi connectivity index (χ1) is 30.1. The van der Waals surface area contributed by atoms with Crippen molar-refractivity contribution in [3.05, 3.63) is 95.8 Å². The van der Waals surface area contributed by atoms with Gasteiger partial charge in [-0.1, -0.05) is 0 Å². The molecule has 6 aliphatic heterocycles. The molecule has 18 nitrogen and oxygen atoms in total. The van der Waals surface area contributed by atoms with E-state index in [1.165, 1.54) is 12.4 Å². The van der Waals surface area contributed by atoms with Gasteiger partial charge in [0.25, 0.3) is 11.8 Å². The highest BCUT2D eigenvalue weighted by Crippen LogP contribution is 2.46. The first-order valence-corrected chi connectivity index (χ1v) is 21.0. The van der Waals surface area contributed by atoms with Crippen LogP contribution in [0.1, 0.15) is 58.5 Å². The third-order valence-corrected chi connectivity index (χ3v) is 12.8. The van der Waals surface area contributed by atoms with Crippen molar-refractivity contribution in [2.75, 3.05) is 60.0 Å². The molecule has 4 bridgehead atoms. The second kappa shape index (κ2) is 14.6. The molecule has 18 heteroatoms. The maximum atomic E-state index is 13.2. The molecule has 0 radical (unpaired) electrons. The number of nitrogens with zero attached hydrogens (tertiary/aromatic N) is 8. The fourth-order valence-electron chi connectivity index (χ4n) is 9.70. The molecule has 320 valence electrons. The molecule has 0 spiro atoms. The number of aliphatic hydroxyl groups is 2. The Kier molecular flexibility index (Phi) is 9.11. The van der Waals surface area contributed by atoms with E-state index in [0.29, 0.717) is 48.5 Å². The van der Waals surface area contributed by atoms with Gasteiger partial charge in [0, 0.05) is 74.0 Å². The molecule has 6 aromatic rings. The van der Waals surface area contributed by atoms with Crippen molar-refractivity contribution in [2.24, 2.45) is 0 Å². The normalized spacial score (nSPS) is 26.3. The number of carbonyl (C=O) groups excluding carboxylic acids is 2. The van der Waals surface area contributed by atoms with Gasteiger partial charge in [-0.05, 0) is 51.0 Å². The van der Waals surface area contributed by atoms with Crippen molar-refractivity contribution in [1.82, 2.24) is 29.2 Å². The van der Waals surface area contributed by atoms with Gasteiger partial charge in [-0.3, -0.25) is 9.59 Å². The highest BCUT2D eigenvalue weighted by molar-refractivity contribution is 6.10. The number of aliphatic hydroxyl groups excluding tert-OH is 2. The Labute approximate surface area is 355 Å². The Hall–Kier alpha value is -6.34. The molecule has 0 aliphatic carbocycles. The van der Waals surface area contributed by atoms with Gasteiger partial charge in [0.15, 0.2) is 11.3 Å². The number of rotatable bonds is 8. The van der Waals surface area contributed by atoms with Crippen LogP contribution in [0.25, 0.3) is 11.3 Å². The minimum absolute atomic E-state index is 0.0744. The van der Waals surface area contributed by atoms with E-state index in [-0.39, 0.29) is 49.3 Å². The number of anilines is 4. The highest BCUT2D eigenvalue weighted by atomic mass is 16.5. The SMILES string of the molecule is C[C@@]1(CO)Cc2cc(NC(=O)c3cnn4cccnc34)c(N3C[C@@H]4C[C@H]3CO4)cc2O1.C[C@]1(CO)Cc2cc(NC(=O)c3cnn4cccnc34)c(N3C[C@@H]4C[C@H]3CO4)cc2O1.